The third-order valence-electron chi connectivity index (χ3n) is 7.67. The Balaban J connectivity index is 1.31. The molecule has 5 rings (SSSR count). The van der Waals surface area contributed by atoms with Crippen molar-refractivity contribution in [3.05, 3.63) is 138 Å². The molecule has 1 aliphatic heterocycles. The first-order valence-corrected chi connectivity index (χ1v) is 15.6. The van der Waals surface area contributed by atoms with Crippen LogP contribution in [0.5, 0.6) is 0 Å². The molecular formula is C36H40O4S. The molecule has 1 fully saturated rings. The van der Waals surface area contributed by atoms with Crippen molar-refractivity contribution in [2.24, 2.45) is 0 Å². The molecule has 4 aromatic carbocycles. The van der Waals surface area contributed by atoms with Crippen molar-refractivity contribution >= 4 is 11.8 Å². The van der Waals surface area contributed by atoms with E-state index in [1.165, 1.54) is 5.56 Å². The molecule has 0 radical (unpaired) electrons. The van der Waals surface area contributed by atoms with Crippen LogP contribution in [0.25, 0.3) is 0 Å². The molecule has 214 valence electrons. The van der Waals surface area contributed by atoms with E-state index in [9.17, 15) is 5.11 Å². The molecule has 0 aliphatic carbocycles. The molecule has 0 spiro atoms. The number of rotatable bonds is 14. The van der Waals surface area contributed by atoms with Crippen molar-refractivity contribution in [2.75, 3.05) is 25.6 Å². The molecule has 1 saturated heterocycles. The van der Waals surface area contributed by atoms with Gasteiger partial charge in [0.15, 0.2) is 6.29 Å². The lowest BCUT2D eigenvalue weighted by Gasteiger charge is -2.38. The fraction of sp³-hybridized carbons (Fsp3) is 0.333. The molecular weight excluding hydrogens is 528 g/mol. The van der Waals surface area contributed by atoms with Crippen LogP contribution in [0.15, 0.2) is 120 Å². The smallest absolute Gasteiger partial charge is 0.157 e. The number of ether oxygens (including phenoxy) is 3. The summed E-state index contributed by atoms with van der Waals surface area (Å²) in [6, 6.07) is 38.9. The van der Waals surface area contributed by atoms with Gasteiger partial charge in [-0.15, -0.1) is 11.8 Å². The molecule has 4 nitrogen and oxygen atoms in total. The largest absolute Gasteiger partial charge is 0.380 e. The van der Waals surface area contributed by atoms with E-state index in [1.807, 2.05) is 66.7 Å². The maximum absolute atomic E-state index is 12.7. The van der Waals surface area contributed by atoms with Gasteiger partial charge in [-0.3, -0.25) is 0 Å². The molecule has 5 heteroatoms. The lowest BCUT2D eigenvalue weighted by molar-refractivity contribution is -0.164. The van der Waals surface area contributed by atoms with E-state index < -0.39 is 5.60 Å². The zero-order chi connectivity index (χ0) is 28.2. The van der Waals surface area contributed by atoms with Crippen molar-refractivity contribution in [3.8, 4) is 0 Å². The van der Waals surface area contributed by atoms with Crippen LogP contribution in [-0.2, 0) is 26.4 Å². The Morgan fingerprint density at radius 1 is 0.780 bits per heavy atom. The first-order valence-electron chi connectivity index (χ1n) is 14.6. The van der Waals surface area contributed by atoms with Crippen LogP contribution in [0.4, 0.5) is 0 Å². The Hall–Kier alpha value is -2.93. The Morgan fingerprint density at radius 2 is 1.44 bits per heavy atom. The second-order valence-electron chi connectivity index (χ2n) is 10.5. The number of hydrogen-bond donors (Lipinski definition) is 1. The third-order valence-corrected chi connectivity index (χ3v) is 8.65. The highest BCUT2D eigenvalue weighted by Gasteiger charge is 2.41. The average molecular weight is 569 g/mol. The van der Waals surface area contributed by atoms with Gasteiger partial charge in [0.1, 0.15) is 5.60 Å². The minimum Gasteiger partial charge on any atom is -0.380 e. The molecule has 4 aromatic rings. The zero-order valence-corrected chi connectivity index (χ0v) is 24.4. The molecule has 0 aromatic heterocycles. The van der Waals surface area contributed by atoms with Gasteiger partial charge < -0.3 is 19.3 Å². The summed E-state index contributed by atoms with van der Waals surface area (Å²) >= 11 is 1.76. The van der Waals surface area contributed by atoms with Crippen LogP contribution < -0.4 is 0 Å². The number of thioether (sulfide) groups is 1. The quantitative estimate of drug-likeness (QED) is 0.124. The molecule has 0 amide bonds. The van der Waals surface area contributed by atoms with Crippen molar-refractivity contribution in [3.63, 3.8) is 0 Å². The minimum absolute atomic E-state index is 0.155. The molecule has 1 N–H and O–H groups in total. The van der Waals surface area contributed by atoms with Crippen LogP contribution >= 0.6 is 11.8 Å². The fourth-order valence-corrected chi connectivity index (χ4v) is 6.28. The van der Waals surface area contributed by atoms with Crippen molar-refractivity contribution in [2.45, 2.75) is 55.0 Å². The van der Waals surface area contributed by atoms with E-state index in [2.05, 4.69) is 48.5 Å². The maximum atomic E-state index is 12.7. The van der Waals surface area contributed by atoms with Crippen LogP contribution in [0.2, 0.25) is 0 Å². The van der Waals surface area contributed by atoms with E-state index >= 15 is 0 Å². The van der Waals surface area contributed by atoms with E-state index in [1.54, 1.807) is 11.8 Å². The minimum atomic E-state index is -1.23. The van der Waals surface area contributed by atoms with E-state index in [0.717, 1.165) is 53.2 Å². The molecule has 0 bridgehead atoms. The van der Waals surface area contributed by atoms with E-state index in [4.69, 9.17) is 14.2 Å². The molecule has 41 heavy (non-hydrogen) atoms. The summed E-state index contributed by atoms with van der Waals surface area (Å²) in [4.78, 5) is 1.15. The highest BCUT2D eigenvalue weighted by atomic mass is 32.2. The van der Waals surface area contributed by atoms with Gasteiger partial charge >= 0.3 is 0 Å². The number of hydrogen-bond acceptors (Lipinski definition) is 5. The van der Waals surface area contributed by atoms with Gasteiger partial charge in [-0.05, 0) is 60.1 Å². The Kier molecular flexibility index (Phi) is 11.1. The van der Waals surface area contributed by atoms with Gasteiger partial charge in [-0.25, -0.2) is 0 Å². The molecule has 3 atom stereocenters. The Bertz CT molecular complexity index is 1280. The predicted octanol–water partition coefficient (Wildman–Crippen LogP) is 7.95. The monoisotopic (exact) mass is 568 g/mol. The van der Waals surface area contributed by atoms with Crippen molar-refractivity contribution in [1.82, 2.24) is 0 Å². The van der Waals surface area contributed by atoms with Gasteiger partial charge in [0.05, 0.1) is 19.8 Å². The second-order valence-corrected chi connectivity index (χ2v) is 11.6. The van der Waals surface area contributed by atoms with E-state index in [-0.39, 0.29) is 12.2 Å². The van der Waals surface area contributed by atoms with Gasteiger partial charge in [0.25, 0.3) is 0 Å². The van der Waals surface area contributed by atoms with Crippen LogP contribution in [-0.4, -0.2) is 37.0 Å². The van der Waals surface area contributed by atoms with Crippen molar-refractivity contribution < 1.29 is 19.3 Å². The van der Waals surface area contributed by atoms with Gasteiger partial charge in [0, 0.05) is 23.2 Å². The first-order chi connectivity index (χ1) is 20.2. The van der Waals surface area contributed by atoms with Crippen LogP contribution in [0.3, 0.4) is 0 Å². The summed E-state index contributed by atoms with van der Waals surface area (Å²) in [5.74, 6) is 0.655. The zero-order valence-electron chi connectivity index (χ0n) is 23.6. The standard InChI is InChI=1S/C36H40O4S/c37-36(31-16-8-3-9-17-31,34(30-14-6-2-7-15-30)23-25-40-35-18-10-11-24-39-35)32-19-21-33(22-20-32)41-27-26-38-28-29-12-4-1-5-13-29/h1-9,12-17,19-22,34-35,37H,10-11,18,23-28H2. The summed E-state index contributed by atoms with van der Waals surface area (Å²) in [6.45, 7) is 2.57. The summed E-state index contributed by atoms with van der Waals surface area (Å²) in [5.41, 5.74) is 2.78. The lowest BCUT2D eigenvalue weighted by atomic mass is 9.71. The fourth-order valence-electron chi connectivity index (χ4n) is 5.51. The highest BCUT2D eigenvalue weighted by molar-refractivity contribution is 7.99. The number of benzene rings is 4. The molecule has 3 unspecified atom stereocenters. The Labute approximate surface area is 248 Å². The topological polar surface area (TPSA) is 47.9 Å². The van der Waals surface area contributed by atoms with Crippen molar-refractivity contribution in [1.29, 1.82) is 0 Å². The van der Waals surface area contributed by atoms with Crippen LogP contribution in [0.1, 0.15) is 53.9 Å². The summed E-state index contributed by atoms with van der Waals surface area (Å²) in [7, 11) is 0. The average Bonchev–Trinajstić information content (AvgIpc) is 3.05. The summed E-state index contributed by atoms with van der Waals surface area (Å²) < 4.78 is 17.8. The van der Waals surface area contributed by atoms with Gasteiger partial charge in [-0.1, -0.05) is 103 Å². The third kappa shape index (κ3) is 8.09. The normalized spacial score (nSPS) is 17.5. The second kappa shape index (κ2) is 15.3. The van der Waals surface area contributed by atoms with Crippen LogP contribution in [0, 0.1) is 0 Å². The molecule has 1 aliphatic rings. The predicted molar refractivity (Wildman–Crippen MR) is 166 cm³/mol. The SMILES string of the molecule is OC(c1ccccc1)(c1ccc(SCCOCc2ccccc2)cc1)C(CCOC1CCCCO1)c1ccccc1. The van der Waals surface area contributed by atoms with Gasteiger partial charge in [0.2, 0.25) is 0 Å². The Morgan fingerprint density at radius 3 is 2.12 bits per heavy atom. The lowest BCUT2D eigenvalue weighted by Crippen LogP contribution is -2.36. The summed E-state index contributed by atoms with van der Waals surface area (Å²) in [6.07, 6.45) is 3.65. The number of aliphatic hydroxyl groups is 1. The van der Waals surface area contributed by atoms with E-state index in [0.29, 0.717) is 26.2 Å². The highest BCUT2D eigenvalue weighted by Crippen LogP contribution is 2.45. The maximum Gasteiger partial charge on any atom is 0.157 e. The summed E-state index contributed by atoms with van der Waals surface area (Å²) in [5, 5.41) is 12.7. The molecule has 0 saturated carbocycles. The van der Waals surface area contributed by atoms with Gasteiger partial charge in [-0.2, -0.15) is 0 Å². The first kappa shape index (κ1) is 29.6. The molecule has 1 heterocycles.